The zero-order valence-corrected chi connectivity index (χ0v) is 12.5. The molecule has 0 fully saturated rings. The summed E-state index contributed by atoms with van der Waals surface area (Å²) in [6.45, 7) is 6.19. The van der Waals surface area contributed by atoms with E-state index in [1.807, 2.05) is 13.1 Å². The van der Waals surface area contributed by atoms with Gasteiger partial charge in [0.1, 0.15) is 23.4 Å². The van der Waals surface area contributed by atoms with E-state index in [1.165, 1.54) is 5.56 Å². The molecule has 1 aromatic carbocycles. The standard InChI is InChI=1S/C16H21N3O2/c1-3-20-14-7-12-6-11(2)21-15(12)8-13(14)9-17-10-16-18-4-5-19-16/h4-5,7-8,11,17H,3,6,9-10H2,1-2H3,(H,18,19)/t11-/m0/s1. The molecule has 0 unspecified atom stereocenters. The molecule has 5 heteroatoms. The molecule has 2 N–H and O–H groups in total. The lowest BCUT2D eigenvalue weighted by atomic mass is 10.1. The molecule has 1 aliphatic rings. The number of aromatic nitrogens is 2. The van der Waals surface area contributed by atoms with Crippen molar-refractivity contribution in [1.29, 1.82) is 0 Å². The van der Waals surface area contributed by atoms with Gasteiger partial charge in [0.05, 0.1) is 13.2 Å². The zero-order chi connectivity index (χ0) is 14.7. The molecule has 0 bridgehead atoms. The highest BCUT2D eigenvalue weighted by Gasteiger charge is 2.21. The number of aromatic amines is 1. The zero-order valence-electron chi connectivity index (χ0n) is 12.5. The SMILES string of the molecule is CCOc1cc2c(cc1CNCc1ncc[nH]1)O[C@@H](C)C2. The maximum atomic E-state index is 5.83. The lowest BCUT2D eigenvalue weighted by Crippen LogP contribution is -2.14. The van der Waals surface area contributed by atoms with E-state index in [0.29, 0.717) is 13.2 Å². The number of nitrogens with zero attached hydrogens (tertiary/aromatic N) is 1. The van der Waals surface area contributed by atoms with Gasteiger partial charge in [-0.3, -0.25) is 0 Å². The van der Waals surface area contributed by atoms with Crippen LogP contribution in [-0.4, -0.2) is 22.7 Å². The molecule has 0 saturated carbocycles. The van der Waals surface area contributed by atoms with E-state index in [9.17, 15) is 0 Å². The average Bonchev–Trinajstić information content (AvgIpc) is 3.07. The fourth-order valence-corrected chi connectivity index (χ4v) is 2.62. The number of benzene rings is 1. The Bertz CT molecular complexity index is 596. The number of hydrogen-bond donors (Lipinski definition) is 2. The second-order valence-corrected chi connectivity index (χ2v) is 5.27. The highest BCUT2D eigenvalue weighted by molar-refractivity contribution is 5.48. The number of rotatable bonds is 6. The molecule has 0 saturated heterocycles. The van der Waals surface area contributed by atoms with Gasteiger partial charge in [0, 0.05) is 36.5 Å². The van der Waals surface area contributed by atoms with Gasteiger partial charge in [-0.2, -0.15) is 0 Å². The quantitative estimate of drug-likeness (QED) is 0.856. The van der Waals surface area contributed by atoms with Crippen LogP contribution in [0.15, 0.2) is 24.5 Å². The van der Waals surface area contributed by atoms with Gasteiger partial charge < -0.3 is 19.8 Å². The molecule has 5 nitrogen and oxygen atoms in total. The molecular formula is C16H21N3O2. The summed E-state index contributed by atoms with van der Waals surface area (Å²) in [4.78, 5) is 7.28. The monoisotopic (exact) mass is 287 g/mol. The maximum Gasteiger partial charge on any atom is 0.124 e. The van der Waals surface area contributed by atoms with Crippen LogP contribution in [0.5, 0.6) is 11.5 Å². The summed E-state index contributed by atoms with van der Waals surface area (Å²) in [6.07, 6.45) is 4.79. The minimum absolute atomic E-state index is 0.251. The predicted molar refractivity (Wildman–Crippen MR) is 80.5 cm³/mol. The van der Waals surface area contributed by atoms with Gasteiger partial charge in [-0.25, -0.2) is 4.98 Å². The molecule has 21 heavy (non-hydrogen) atoms. The van der Waals surface area contributed by atoms with Gasteiger partial charge in [-0.15, -0.1) is 0 Å². The highest BCUT2D eigenvalue weighted by atomic mass is 16.5. The maximum absolute atomic E-state index is 5.83. The van der Waals surface area contributed by atoms with Crippen LogP contribution in [0.4, 0.5) is 0 Å². The number of imidazole rings is 1. The second-order valence-electron chi connectivity index (χ2n) is 5.27. The first-order valence-electron chi connectivity index (χ1n) is 7.40. The Morgan fingerprint density at radius 1 is 1.43 bits per heavy atom. The van der Waals surface area contributed by atoms with Gasteiger partial charge in [-0.05, 0) is 26.0 Å². The molecule has 2 aromatic rings. The molecule has 3 rings (SSSR count). The number of H-pyrrole nitrogens is 1. The Morgan fingerprint density at radius 3 is 3.10 bits per heavy atom. The van der Waals surface area contributed by atoms with Crippen LogP contribution in [0.2, 0.25) is 0 Å². The molecule has 1 aliphatic heterocycles. The lowest BCUT2D eigenvalue weighted by molar-refractivity contribution is 0.254. The Kier molecular flexibility index (Phi) is 4.10. The smallest absolute Gasteiger partial charge is 0.124 e. The van der Waals surface area contributed by atoms with Gasteiger partial charge in [0.25, 0.3) is 0 Å². The topological polar surface area (TPSA) is 59.2 Å². The van der Waals surface area contributed by atoms with Crippen molar-refractivity contribution in [3.8, 4) is 11.5 Å². The second kappa shape index (κ2) is 6.18. The average molecular weight is 287 g/mol. The van der Waals surface area contributed by atoms with Crippen LogP contribution in [0.1, 0.15) is 30.8 Å². The van der Waals surface area contributed by atoms with Crippen LogP contribution in [0.3, 0.4) is 0 Å². The molecule has 2 heterocycles. The highest BCUT2D eigenvalue weighted by Crippen LogP contribution is 2.35. The molecule has 112 valence electrons. The summed E-state index contributed by atoms with van der Waals surface area (Å²) in [5.74, 6) is 2.86. The first-order chi connectivity index (χ1) is 10.3. The third kappa shape index (κ3) is 3.19. The van der Waals surface area contributed by atoms with Crippen molar-refractivity contribution < 1.29 is 9.47 Å². The van der Waals surface area contributed by atoms with Crippen LogP contribution >= 0.6 is 0 Å². The largest absolute Gasteiger partial charge is 0.494 e. The molecular weight excluding hydrogens is 266 g/mol. The molecule has 0 aliphatic carbocycles. The van der Waals surface area contributed by atoms with Gasteiger partial charge in [0.2, 0.25) is 0 Å². The van der Waals surface area contributed by atoms with Crippen molar-refractivity contribution >= 4 is 0 Å². The Balaban J connectivity index is 1.72. The number of fused-ring (bicyclic) bond motifs is 1. The van der Waals surface area contributed by atoms with E-state index >= 15 is 0 Å². The number of ether oxygens (including phenoxy) is 2. The van der Waals surface area contributed by atoms with Gasteiger partial charge in [-0.1, -0.05) is 0 Å². The minimum Gasteiger partial charge on any atom is -0.494 e. The van der Waals surface area contributed by atoms with E-state index in [0.717, 1.165) is 35.9 Å². The summed E-state index contributed by atoms with van der Waals surface area (Å²) in [7, 11) is 0. The van der Waals surface area contributed by atoms with Crippen LogP contribution < -0.4 is 14.8 Å². The van der Waals surface area contributed by atoms with Crippen molar-refractivity contribution in [3.63, 3.8) is 0 Å². The normalized spacial score (nSPS) is 16.6. The van der Waals surface area contributed by atoms with E-state index in [-0.39, 0.29) is 6.10 Å². The molecule has 1 aromatic heterocycles. The Morgan fingerprint density at radius 2 is 2.33 bits per heavy atom. The van der Waals surface area contributed by atoms with E-state index in [2.05, 4.69) is 34.3 Å². The summed E-state index contributed by atoms with van der Waals surface area (Å²) in [5, 5.41) is 3.38. The van der Waals surface area contributed by atoms with E-state index in [4.69, 9.17) is 9.47 Å². The third-order valence-corrected chi connectivity index (χ3v) is 3.54. The lowest BCUT2D eigenvalue weighted by Gasteiger charge is -2.13. The Hall–Kier alpha value is -2.01. The van der Waals surface area contributed by atoms with Gasteiger partial charge >= 0.3 is 0 Å². The van der Waals surface area contributed by atoms with Gasteiger partial charge in [0.15, 0.2) is 0 Å². The third-order valence-electron chi connectivity index (χ3n) is 3.54. The van der Waals surface area contributed by atoms with Crippen LogP contribution in [0.25, 0.3) is 0 Å². The van der Waals surface area contributed by atoms with Crippen molar-refractivity contribution in [1.82, 2.24) is 15.3 Å². The van der Waals surface area contributed by atoms with Crippen molar-refractivity contribution in [3.05, 3.63) is 41.5 Å². The molecule has 0 radical (unpaired) electrons. The van der Waals surface area contributed by atoms with E-state index < -0.39 is 0 Å². The summed E-state index contributed by atoms with van der Waals surface area (Å²) >= 11 is 0. The first kappa shape index (κ1) is 13.9. The molecule has 1 atom stereocenters. The molecule has 0 amide bonds. The number of hydrogen-bond acceptors (Lipinski definition) is 4. The summed E-state index contributed by atoms with van der Waals surface area (Å²) in [5.41, 5.74) is 2.36. The molecule has 0 spiro atoms. The van der Waals surface area contributed by atoms with E-state index in [1.54, 1.807) is 6.20 Å². The first-order valence-corrected chi connectivity index (χ1v) is 7.40. The fourth-order valence-electron chi connectivity index (χ4n) is 2.62. The predicted octanol–water partition coefficient (Wildman–Crippen LogP) is 2.42. The Labute approximate surface area is 124 Å². The van der Waals surface area contributed by atoms with Crippen molar-refractivity contribution in [2.75, 3.05) is 6.61 Å². The van der Waals surface area contributed by atoms with Crippen molar-refractivity contribution in [2.24, 2.45) is 0 Å². The summed E-state index contributed by atoms with van der Waals surface area (Å²) < 4.78 is 11.6. The van der Waals surface area contributed by atoms with Crippen LogP contribution in [-0.2, 0) is 19.5 Å². The van der Waals surface area contributed by atoms with Crippen LogP contribution in [0, 0.1) is 0 Å². The summed E-state index contributed by atoms with van der Waals surface area (Å²) in [6, 6.07) is 4.21. The number of nitrogens with one attached hydrogen (secondary N) is 2. The minimum atomic E-state index is 0.251. The fraction of sp³-hybridized carbons (Fsp3) is 0.438. The van der Waals surface area contributed by atoms with Crippen molar-refractivity contribution in [2.45, 2.75) is 39.5 Å².